The molecule has 0 spiro atoms. The van der Waals surface area contributed by atoms with E-state index in [1.165, 1.54) is 0 Å². The summed E-state index contributed by atoms with van der Waals surface area (Å²) in [5, 5.41) is 5.45. The van der Waals surface area contributed by atoms with Crippen LogP contribution in [0.25, 0.3) is 16.6 Å². The van der Waals surface area contributed by atoms with Crippen molar-refractivity contribution >= 4 is 34.7 Å². The first kappa shape index (κ1) is 17.0. The minimum absolute atomic E-state index is 0.304. The van der Waals surface area contributed by atoms with Gasteiger partial charge in [-0.25, -0.2) is 5.43 Å². The highest BCUT2D eigenvalue weighted by molar-refractivity contribution is 6.30. The minimum atomic E-state index is -0.304. The second kappa shape index (κ2) is 7.43. The molecule has 1 N–H and O–H groups in total. The van der Waals surface area contributed by atoms with Gasteiger partial charge in [-0.1, -0.05) is 54.1 Å². The van der Waals surface area contributed by atoms with Crippen LogP contribution < -0.4 is 11.0 Å². The Morgan fingerprint density at radius 3 is 2.41 bits per heavy atom. The van der Waals surface area contributed by atoms with Crippen molar-refractivity contribution in [3.05, 3.63) is 99.8 Å². The molecule has 0 amide bonds. The van der Waals surface area contributed by atoms with Gasteiger partial charge in [-0.3, -0.25) is 9.36 Å². The van der Waals surface area contributed by atoms with Gasteiger partial charge in [-0.05, 0) is 42.0 Å². The standard InChI is InChI=1S/C21H15ClN4O/c22-16-12-10-15(11-13-16)14-23-25-21-24-20(27)18-8-4-5-9-19(18)26(21)17-6-2-1-3-7-17/h1-14H,(H,24,25,27). The van der Waals surface area contributed by atoms with E-state index in [-0.39, 0.29) is 5.56 Å². The van der Waals surface area contributed by atoms with Gasteiger partial charge in [0.05, 0.1) is 17.1 Å². The Morgan fingerprint density at radius 2 is 1.63 bits per heavy atom. The third-order valence-corrected chi connectivity index (χ3v) is 4.31. The van der Waals surface area contributed by atoms with Crippen LogP contribution in [-0.2, 0) is 0 Å². The van der Waals surface area contributed by atoms with Gasteiger partial charge in [-0.2, -0.15) is 10.1 Å². The number of halogens is 1. The van der Waals surface area contributed by atoms with Crippen LogP contribution in [-0.4, -0.2) is 15.8 Å². The first-order chi connectivity index (χ1) is 13.2. The highest BCUT2D eigenvalue weighted by atomic mass is 35.5. The van der Waals surface area contributed by atoms with E-state index in [1.807, 2.05) is 65.2 Å². The summed E-state index contributed by atoms with van der Waals surface area (Å²) in [6.07, 6.45) is 1.65. The predicted molar refractivity (Wildman–Crippen MR) is 110 cm³/mol. The van der Waals surface area contributed by atoms with Gasteiger partial charge in [0, 0.05) is 10.7 Å². The van der Waals surface area contributed by atoms with E-state index in [0.29, 0.717) is 16.4 Å². The molecular formula is C21H15ClN4O. The van der Waals surface area contributed by atoms with Gasteiger partial charge >= 0.3 is 0 Å². The molecule has 0 radical (unpaired) electrons. The van der Waals surface area contributed by atoms with Crippen molar-refractivity contribution in [3.8, 4) is 5.69 Å². The van der Waals surface area contributed by atoms with Crippen LogP contribution in [0.3, 0.4) is 0 Å². The van der Waals surface area contributed by atoms with Gasteiger partial charge in [0.1, 0.15) is 0 Å². The molecule has 0 atom stereocenters. The molecule has 132 valence electrons. The Kier molecular flexibility index (Phi) is 4.68. The first-order valence-corrected chi connectivity index (χ1v) is 8.72. The van der Waals surface area contributed by atoms with Crippen molar-refractivity contribution in [1.82, 2.24) is 9.55 Å². The van der Waals surface area contributed by atoms with Gasteiger partial charge in [0.2, 0.25) is 5.95 Å². The number of fused-ring (bicyclic) bond motifs is 1. The maximum Gasteiger partial charge on any atom is 0.282 e. The Morgan fingerprint density at radius 1 is 0.926 bits per heavy atom. The quantitative estimate of drug-likeness (QED) is 0.423. The Labute approximate surface area is 160 Å². The lowest BCUT2D eigenvalue weighted by atomic mass is 10.2. The molecule has 0 saturated heterocycles. The molecule has 5 nitrogen and oxygen atoms in total. The largest absolute Gasteiger partial charge is 0.282 e. The number of aromatic nitrogens is 2. The summed E-state index contributed by atoms with van der Waals surface area (Å²) < 4.78 is 1.87. The molecule has 1 heterocycles. The summed E-state index contributed by atoms with van der Waals surface area (Å²) >= 11 is 5.89. The molecule has 0 bridgehead atoms. The molecule has 4 aromatic rings. The van der Waals surface area contributed by atoms with E-state index in [9.17, 15) is 4.79 Å². The monoisotopic (exact) mass is 374 g/mol. The molecule has 0 aliphatic rings. The zero-order chi connectivity index (χ0) is 18.6. The van der Waals surface area contributed by atoms with Crippen molar-refractivity contribution < 1.29 is 0 Å². The van der Waals surface area contributed by atoms with Crippen molar-refractivity contribution in [1.29, 1.82) is 0 Å². The molecule has 6 heteroatoms. The van der Waals surface area contributed by atoms with Crippen LogP contribution in [0.4, 0.5) is 5.95 Å². The van der Waals surface area contributed by atoms with Gasteiger partial charge in [-0.15, -0.1) is 0 Å². The Bertz CT molecular complexity index is 1170. The lowest BCUT2D eigenvalue weighted by Gasteiger charge is -2.15. The number of hydrazone groups is 1. The third-order valence-electron chi connectivity index (χ3n) is 4.06. The second-order valence-electron chi connectivity index (χ2n) is 5.85. The molecular weight excluding hydrogens is 360 g/mol. The normalized spacial score (nSPS) is 11.1. The zero-order valence-corrected chi connectivity index (χ0v) is 15.0. The van der Waals surface area contributed by atoms with Crippen LogP contribution >= 0.6 is 11.6 Å². The summed E-state index contributed by atoms with van der Waals surface area (Å²) in [6, 6.07) is 24.4. The summed E-state index contributed by atoms with van der Waals surface area (Å²) in [7, 11) is 0. The SMILES string of the molecule is O=c1nc(NN=Cc2ccc(Cl)cc2)n(-c2ccccc2)c2ccccc12. The van der Waals surface area contributed by atoms with Gasteiger partial charge in [0.15, 0.2) is 0 Å². The fourth-order valence-corrected chi connectivity index (χ4v) is 2.92. The molecule has 27 heavy (non-hydrogen) atoms. The van der Waals surface area contributed by atoms with Crippen LogP contribution in [0.15, 0.2) is 88.8 Å². The smallest absolute Gasteiger partial charge is 0.279 e. The Hall–Kier alpha value is -3.44. The van der Waals surface area contributed by atoms with E-state index >= 15 is 0 Å². The summed E-state index contributed by atoms with van der Waals surface area (Å²) in [6.45, 7) is 0. The van der Waals surface area contributed by atoms with Crippen molar-refractivity contribution in [2.24, 2.45) is 5.10 Å². The minimum Gasteiger partial charge on any atom is -0.279 e. The molecule has 3 aromatic carbocycles. The lowest BCUT2D eigenvalue weighted by Crippen LogP contribution is -2.16. The number of hydrogen-bond donors (Lipinski definition) is 1. The van der Waals surface area contributed by atoms with E-state index in [0.717, 1.165) is 16.8 Å². The first-order valence-electron chi connectivity index (χ1n) is 8.34. The molecule has 0 fully saturated rings. The number of rotatable bonds is 4. The fraction of sp³-hybridized carbons (Fsp3) is 0. The van der Waals surface area contributed by atoms with Gasteiger partial charge < -0.3 is 0 Å². The van der Waals surface area contributed by atoms with E-state index in [1.54, 1.807) is 24.4 Å². The van der Waals surface area contributed by atoms with Crippen LogP contribution in [0.1, 0.15) is 5.56 Å². The average Bonchev–Trinajstić information content (AvgIpc) is 2.70. The molecule has 0 saturated carbocycles. The van der Waals surface area contributed by atoms with Crippen molar-refractivity contribution in [2.75, 3.05) is 5.43 Å². The maximum absolute atomic E-state index is 12.4. The van der Waals surface area contributed by atoms with E-state index in [4.69, 9.17) is 11.6 Å². The summed E-state index contributed by atoms with van der Waals surface area (Å²) in [4.78, 5) is 16.6. The summed E-state index contributed by atoms with van der Waals surface area (Å²) in [5.41, 5.74) is 5.11. The average molecular weight is 375 g/mol. The molecule has 0 aliphatic carbocycles. The highest BCUT2D eigenvalue weighted by Crippen LogP contribution is 2.20. The number of nitrogens with zero attached hydrogens (tertiary/aromatic N) is 3. The fourth-order valence-electron chi connectivity index (χ4n) is 2.80. The van der Waals surface area contributed by atoms with Crippen LogP contribution in [0.5, 0.6) is 0 Å². The molecule has 0 unspecified atom stereocenters. The number of hydrogen-bond acceptors (Lipinski definition) is 4. The Balaban J connectivity index is 1.80. The number of para-hydroxylation sites is 2. The molecule has 4 rings (SSSR count). The number of nitrogens with one attached hydrogen (secondary N) is 1. The van der Waals surface area contributed by atoms with Crippen molar-refractivity contribution in [3.63, 3.8) is 0 Å². The maximum atomic E-state index is 12.4. The third kappa shape index (κ3) is 3.59. The molecule has 0 aliphatic heterocycles. The number of benzene rings is 3. The van der Waals surface area contributed by atoms with E-state index in [2.05, 4.69) is 15.5 Å². The summed E-state index contributed by atoms with van der Waals surface area (Å²) in [5.74, 6) is 0.343. The van der Waals surface area contributed by atoms with Crippen LogP contribution in [0, 0.1) is 0 Å². The topological polar surface area (TPSA) is 59.3 Å². The van der Waals surface area contributed by atoms with Gasteiger partial charge in [0.25, 0.3) is 5.56 Å². The van der Waals surface area contributed by atoms with Crippen molar-refractivity contribution in [2.45, 2.75) is 0 Å². The predicted octanol–water partition coefficient (Wildman–Crippen LogP) is 4.49. The zero-order valence-electron chi connectivity index (χ0n) is 14.2. The second-order valence-corrected chi connectivity index (χ2v) is 6.29. The molecule has 1 aromatic heterocycles. The number of anilines is 1. The van der Waals surface area contributed by atoms with Crippen LogP contribution in [0.2, 0.25) is 5.02 Å². The van der Waals surface area contributed by atoms with E-state index < -0.39 is 0 Å². The lowest BCUT2D eigenvalue weighted by molar-refractivity contribution is 1.00. The highest BCUT2D eigenvalue weighted by Gasteiger charge is 2.11.